The van der Waals surface area contributed by atoms with E-state index < -0.39 is 0 Å². The molecule has 1 heterocycles. The predicted molar refractivity (Wildman–Crippen MR) is 75.0 cm³/mol. The molecular weight excluding hydrogens is 206 g/mol. The van der Waals surface area contributed by atoms with Gasteiger partial charge in [0.15, 0.2) is 0 Å². The van der Waals surface area contributed by atoms with Gasteiger partial charge in [0.2, 0.25) is 0 Å². The zero-order valence-corrected chi connectivity index (χ0v) is 10.8. The molecule has 1 aliphatic rings. The molecule has 0 spiro atoms. The van der Waals surface area contributed by atoms with Crippen molar-refractivity contribution >= 4 is 6.08 Å². The molecule has 0 radical (unpaired) electrons. The van der Waals surface area contributed by atoms with E-state index in [1.54, 1.807) is 0 Å². The summed E-state index contributed by atoms with van der Waals surface area (Å²) in [5.74, 6) is 0.849. The quantitative estimate of drug-likeness (QED) is 0.834. The monoisotopic (exact) mass is 229 g/mol. The van der Waals surface area contributed by atoms with Crippen molar-refractivity contribution in [3.63, 3.8) is 0 Å². The van der Waals surface area contributed by atoms with Gasteiger partial charge in [0.1, 0.15) is 0 Å². The van der Waals surface area contributed by atoms with Crippen LogP contribution < -0.4 is 5.32 Å². The number of benzene rings is 1. The zero-order valence-electron chi connectivity index (χ0n) is 10.8. The van der Waals surface area contributed by atoms with Crippen LogP contribution >= 0.6 is 0 Å². The summed E-state index contributed by atoms with van der Waals surface area (Å²) in [6, 6.07) is 9.53. The van der Waals surface area contributed by atoms with Crippen LogP contribution in [0.4, 0.5) is 0 Å². The summed E-state index contributed by atoms with van der Waals surface area (Å²) in [6.45, 7) is 7.26. The first-order valence-electron chi connectivity index (χ1n) is 6.72. The SMILES string of the molecule is C=Cc1ccc(CC2CCNC(C)CC2)cc1. The first kappa shape index (κ1) is 12.4. The Labute approximate surface area is 105 Å². The molecule has 0 amide bonds. The molecular formula is C16H23N. The Morgan fingerprint density at radius 3 is 2.71 bits per heavy atom. The highest BCUT2D eigenvalue weighted by molar-refractivity contribution is 5.47. The fourth-order valence-electron chi connectivity index (χ4n) is 2.59. The minimum absolute atomic E-state index is 0.697. The van der Waals surface area contributed by atoms with Crippen LogP contribution in [0.3, 0.4) is 0 Å². The highest BCUT2D eigenvalue weighted by Crippen LogP contribution is 2.21. The van der Waals surface area contributed by atoms with E-state index in [0.717, 1.165) is 5.92 Å². The largest absolute Gasteiger partial charge is 0.314 e. The van der Waals surface area contributed by atoms with E-state index in [2.05, 4.69) is 43.1 Å². The van der Waals surface area contributed by atoms with Gasteiger partial charge in [-0.25, -0.2) is 0 Å². The molecule has 92 valence electrons. The molecule has 0 saturated carbocycles. The first-order valence-corrected chi connectivity index (χ1v) is 6.72. The summed E-state index contributed by atoms with van der Waals surface area (Å²) in [5, 5.41) is 3.57. The molecule has 0 bridgehead atoms. The lowest BCUT2D eigenvalue weighted by atomic mass is 9.92. The second-order valence-electron chi connectivity index (χ2n) is 5.24. The van der Waals surface area contributed by atoms with Gasteiger partial charge in [-0.15, -0.1) is 0 Å². The number of rotatable bonds is 3. The maximum absolute atomic E-state index is 3.79. The lowest BCUT2D eigenvalue weighted by Crippen LogP contribution is -2.24. The fourth-order valence-corrected chi connectivity index (χ4v) is 2.59. The van der Waals surface area contributed by atoms with E-state index >= 15 is 0 Å². The van der Waals surface area contributed by atoms with Crippen molar-refractivity contribution in [1.29, 1.82) is 0 Å². The van der Waals surface area contributed by atoms with Crippen LogP contribution in [-0.4, -0.2) is 12.6 Å². The van der Waals surface area contributed by atoms with E-state index in [1.807, 2.05) is 6.08 Å². The molecule has 1 nitrogen and oxygen atoms in total. The second-order valence-corrected chi connectivity index (χ2v) is 5.24. The first-order chi connectivity index (χ1) is 8.28. The minimum Gasteiger partial charge on any atom is -0.314 e. The average molecular weight is 229 g/mol. The smallest absolute Gasteiger partial charge is 0.00388 e. The summed E-state index contributed by atoms with van der Waals surface area (Å²) < 4.78 is 0. The predicted octanol–water partition coefficient (Wildman–Crippen LogP) is 3.65. The van der Waals surface area contributed by atoms with Crippen LogP contribution in [0, 0.1) is 5.92 Å². The Morgan fingerprint density at radius 2 is 2.00 bits per heavy atom. The van der Waals surface area contributed by atoms with Gasteiger partial charge in [0.05, 0.1) is 0 Å². The van der Waals surface area contributed by atoms with Crippen molar-refractivity contribution in [3.05, 3.63) is 42.0 Å². The fraction of sp³-hybridized carbons (Fsp3) is 0.500. The summed E-state index contributed by atoms with van der Waals surface area (Å²) in [5.41, 5.74) is 2.68. The highest BCUT2D eigenvalue weighted by Gasteiger charge is 2.15. The van der Waals surface area contributed by atoms with Crippen molar-refractivity contribution in [2.75, 3.05) is 6.54 Å². The Balaban J connectivity index is 1.92. The molecule has 1 fully saturated rings. The van der Waals surface area contributed by atoms with Crippen LogP contribution in [0.1, 0.15) is 37.3 Å². The summed E-state index contributed by atoms with van der Waals surface area (Å²) in [7, 11) is 0. The van der Waals surface area contributed by atoms with Crippen molar-refractivity contribution in [2.24, 2.45) is 5.92 Å². The van der Waals surface area contributed by atoms with Gasteiger partial charge >= 0.3 is 0 Å². The normalized spacial score (nSPS) is 25.2. The Bertz CT molecular complexity index is 352. The van der Waals surface area contributed by atoms with E-state index in [4.69, 9.17) is 0 Å². The van der Waals surface area contributed by atoms with Gasteiger partial charge in [-0.1, -0.05) is 36.9 Å². The third kappa shape index (κ3) is 3.71. The molecule has 2 rings (SSSR count). The minimum atomic E-state index is 0.697. The second kappa shape index (κ2) is 6.02. The Morgan fingerprint density at radius 1 is 1.24 bits per heavy atom. The topological polar surface area (TPSA) is 12.0 Å². The van der Waals surface area contributed by atoms with Crippen molar-refractivity contribution in [1.82, 2.24) is 5.32 Å². The maximum Gasteiger partial charge on any atom is 0.00388 e. The third-order valence-corrected chi connectivity index (χ3v) is 3.79. The summed E-state index contributed by atoms with van der Waals surface area (Å²) in [6.07, 6.45) is 7.12. The molecule has 2 unspecified atom stereocenters. The van der Waals surface area contributed by atoms with Gasteiger partial charge in [0, 0.05) is 6.04 Å². The molecule has 1 saturated heterocycles. The van der Waals surface area contributed by atoms with Crippen molar-refractivity contribution < 1.29 is 0 Å². The number of nitrogens with one attached hydrogen (secondary N) is 1. The number of hydrogen-bond donors (Lipinski definition) is 1. The van der Waals surface area contributed by atoms with E-state index in [1.165, 1.54) is 43.4 Å². The van der Waals surface area contributed by atoms with E-state index in [0.29, 0.717) is 6.04 Å². The van der Waals surface area contributed by atoms with Crippen LogP contribution in [-0.2, 0) is 6.42 Å². The maximum atomic E-state index is 3.79. The van der Waals surface area contributed by atoms with Gasteiger partial charge in [0.25, 0.3) is 0 Å². The molecule has 0 aromatic heterocycles. The van der Waals surface area contributed by atoms with Crippen LogP contribution in [0.5, 0.6) is 0 Å². The van der Waals surface area contributed by atoms with Crippen LogP contribution in [0.15, 0.2) is 30.8 Å². The Kier molecular flexibility index (Phi) is 4.38. The van der Waals surface area contributed by atoms with Crippen LogP contribution in [0.2, 0.25) is 0 Å². The van der Waals surface area contributed by atoms with Gasteiger partial charge in [-0.2, -0.15) is 0 Å². The molecule has 1 aromatic rings. The molecule has 1 aliphatic heterocycles. The highest BCUT2D eigenvalue weighted by atomic mass is 14.9. The Hall–Kier alpha value is -1.08. The molecule has 0 aliphatic carbocycles. The molecule has 1 N–H and O–H groups in total. The van der Waals surface area contributed by atoms with Crippen LogP contribution in [0.25, 0.3) is 6.08 Å². The lowest BCUT2D eigenvalue weighted by molar-refractivity contribution is 0.464. The lowest BCUT2D eigenvalue weighted by Gasteiger charge is -2.13. The van der Waals surface area contributed by atoms with Gasteiger partial charge < -0.3 is 5.32 Å². The van der Waals surface area contributed by atoms with Gasteiger partial charge in [-0.05, 0) is 56.2 Å². The van der Waals surface area contributed by atoms with Gasteiger partial charge in [-0.3, -0.25) is 0 Å². The number of hydrogen-bond acceptors (Lipinski definition) is 1. The summed E-state index contributed by atoms with van der Waals surface area (Å²) >= 11 is 0. The van der Waals surface area contributed by atoms with Crippen molar-refractivity contribution in [2.45, 2.75) is 38.6 Å². The molecule has 1 aromatic carbocycles. The zero-order chi connectivity index (χ0) is 12.1. The molecule has 1 heteroatoms. The van der Waals surface area contributed by atoms with Crippen molar-refractivity contribution in [3.8, 4) is 0 Å². The summed E-state index contributed by atoms with van der Waals surface area (Å²) in [4.78, 5) is 0. The molecule has 17 heavy (non-hydrogen) atoms. The van der Waals surface area contributed by atoms with E-state index in [9.17, 15) is 0 Å². The molecule has 2 atom stereocenters. The van der Waals surface area contributed by atoms with E-state index in [-0.39, 0.29) is 0 Å². The third-order valence-electron chi connectivity index (χ3n) is 3.79. The standard InChI is InChI=1S/C16H23N/c1-3-14-6-8-15(9-7-14)12-16-5-4-13(2)17-11-10-16/h3,6-9,13,16-17H,1,4-5,10-12H2,2H3. The average Bonchev–Trinajstić information content (AvgIpc) is 2.56.